The number of rotatable bonds is 4. The summed E-state index contributed by atoms with van der Waals surface area (Å²) in [7, 11) is 0. The minimum absolute atomic E-state index is 0.132. The van der Waals surface area contributed by atoms with Gasteiger partial charge in [-0.1, -0.05) is 12.8 Å². The quantitative estimate of drug-likeness (QED) is 0.922. The van der Waals surface area contributed by atoms with E-state index in [2.05, 4.69) is 11.9 Å². The molecule has 1 aliphatic rings. The highest BCUT2D eigenvalue weighted by Crippen LogP contribution is 2.29. The Bertz CT molecular complexity index is 432. The molecule has 5 heteroatoms. The summed E-state index contributed by atoms with van der Waals surface area (Å²) in [5.41, 5.74) is 8.48. The van der Waals surface area contributed by atoms with Gasteiger partial charge in [0.15, 0.2) is 0 Å². The van der Waals surface area contributed by atoms with Gasteiger partial charge in [-0.05, 0) is 39.2 Å². The van der Waals surface area contributed by atoms with Crippen LogP contribution in [0.25, 0.3) is 0 Å². The SMILES string of the molecule is CCN(C(=O)c1scnc1C)C1CCCCC1CN. The molecule has 106 valence electrons. The average molecular weight is 281 g/mol. The van der Waals surface area contributed by atoms with Gasteiger partial charge in [-0.3, -0.25) is 4.79 Å². The monoisotopic (exact) mass is 281 g/mol. The molecule has 0 radical (unpaired) electrons. The summed E-state index contributed by atoms with van der Waals surface area (Å²) in [6.07, 6.45) is 4.67. The molecule has 1 amide bonds. The van der Waals surface area contributed by atoms with Crippen LogP contribution in [-0.4, -0.2) is 34.9 Å². The van der Waals surface area contributed by atoms with E-state index in [1.807, 2.05) is 11.8 Å². The Morgan fingerprint density at radius 3 is 2.84 bits per heavy atom. The van der Waals surface area contributed by atoms with Crippen LogP contribution in [0.15, 0.2) is 5.51 Å². The van der Waals surface area contributed by atoms with Crippen molar-refractivity contribution in [3.05, 3.63) is 16.1 Å². The van der Waals surface area contributed by atoms with Gasteiger partial charge in [0.05, 0.1) is 11.2 Å². The van der Waals surface area contributed by atoms with Gasteiger partial charge in [-0.2, -0.15) is 0 Å². The second-order valence-electron chi connectivity index (χ2n) is 5.21. The van der Waals surface area contributed by atoms with Crippen LogP contribution in [0.5, 0.6) is 0 Å². The molecular formula is C14H23N3OS. The molecule has 1 aliphatic carbocycles. The predicted molar refractivity (Wildman–Crippen MR) is 78.4 cm³/mol. The molecular weight excluding hydrogens is 258 g/mol. The Labute approximate surface area is 119 Å². The van der Waals surface area contributed by atoms with E-state index in [1.54, 1.807) is 5.51 Å². The third-order valence-electron chi connectivity index (χ3n) is 4.11. The first-order valence-electron chi connectivity index (χ1n) is 7.10. The first-order valence-corrected chi connectivity index (χ1v) is 7.98. The lowest BCUT2D eigenvalue weighted by Crippen LogP contribution is -2.47. The minimum atomic E-state index is 0.132. The molecule has 1 heterocycles. The first kappa shape index (κ1) is 14.5. The van der Waals surface area contributed by atoms with Gasteiger partial charge in [0.1, 0.15) is 4.88 Å². The second-order valence-corrected chi connectivity index (χ2v) is 6.06. The number of carbonyl (C=O) groups excluding carboxylic acids is 1. The zero-order chi connectivity index (χ0) is 13.8. The number of hydrogen-bond donors (Lipinski definition) is 1. The molecule has 2 atom stereocenters. The van der Waals surface area contributed by atoms with Gasteiger partial charge in [0.25, 0.3) is 5.91 Å². The van der Waals surface area contributed by atoms with Crippen LogP contribution in [-0.2, 0) is 0 Å². The van der Waals surface area contributed by atoms with Gasteiger partial charge in [0.2, 0.25) is 0 Å². The van der Waals surface area contributed by atoms with E-state index in [-0.39, 0.29) is 5.91 Å². The van der Waals surface area contributed by atoms with E-state index in [4.69, 9.17) is 5.73 Å². The molecule has 0 aliphatic heterocycles. The van der Waals surface area contributed by atoms with Crippen molar-refractivity contribution in [1.29, 1.82) is 0 Å². The fourth-order valence-corrected chi connectivity index (χ4v) is 3.80. The zero-order valence-corrected chi connectivity index (χ0v) is 12.6. The topological polar surface area (TPSA) is 59.2 Å². The molecule has 4 nitrogen and oxygen atoms in total. The van der Waals surface area contributed by atoms with E-state index >= 15 is 0 Å². The van der Waals surface area contributed by atoms with E-state index < -0.39 is 0 Å². The predicted octanol–water partition coefficient (Wildman–Crippen LogP) is 2.43. The van der Waals surface area contributed by atoms with Crippen molar-refractivity contribution in [1.82, 2.24) is 9.88 Å². The van der Waals surface area contributed by atoms with Crippen LogP contribution < -0.4 is 5.73 Å². The number of thiazole rings is 1. The molecule has 1 fully saturated rings. The van der Waals surface area contributed by atoms with Crippen LogP contribution in [0.2, 0.25) is 0 Å². The second kappa shape index (κ2) is 6.48. The third kappa shape index (κ3) is 2.98. The molecule has 0 bridgehead atoms. The fourth-order valence-electron chi connectivity index (χ4n) is 3.04. The molecule has 0 spiro atoms. The maximum absolute atomic E-state index is 12.7. The first-order chi connectivity index (χ1) is 9.19. The van der Waals surface area contributed by atoms with Crippen molar-refractivity contribution in [2.45, 2.75) is 45.6 Å². The largest absolute Gasteiger partial charge is 0.335 e. The molecule has 1 aromatic rings. The molecule has 19 heavy (non-hydrogen) atoms. The van der Waals surface area contributed by atoms with E-state index in [9.17, 15) is 4.79 Å². The lowest BCUT2D eigenvalue weighted by atomic mass is 9.83. The highest BCUT2D eigenvalue weighted by molar-refractivity contribution is 7.11. The average Bonchev–Trinajstić information content (AvgIpc) is 2.86. The normalized spacial score (nSPS) is 23.3. The number of hydrogen-bond acceptors (Lipinski definition) is 4. The number of nitrogens with two attached hydrogens (primary N) is 1. The summed E-state index contributed by atoms with van der Waals surface area (Å²) in [4.78, 5) is 19.7. The van der Waals surface area contributed by atoms with E-state index in [0.717, 1.165) is 30.0 Å². The number of nitrogens with zero attached hydrogens (tertiary/aromatic N) is 2. The Hall–Kier alpha value is -0.940. The highest BCUT2D eigenvalue weighted by atomic mass is 32.1. The Balaban J connectivity index is 2.19. The third-order valence-corrected chi connectivity index (χ3v) is 5.03. The lowest BCUT2D eigenvalue weighted by molar-refractivity contribution is 0.0564. The number of amides is 1. The van der Waals surface area contributed by atoms with Gasteiger partial charge in [-0.25, -0.2) is 4.98 Å². The molecule has 1 aromatic heterocycles. The Morgan fingerprint density at radius 2 is 2.26 bits per heavy atom. The van der Waals surface area contributed by atoms with E-state index in [0.29, 0.717) is 18.5 Å². The van der Waals surface area contributed by atoms with Crippen molar-refractivity contribution in [3.8, 4) is 0 Å². The van der Waals surface area contributed by atoms with Crippen LogP contribution in [0.1, 0.15) is 48.0 Å². The van der Waals surface area contributed by atoms with Crippen LogP contribution in [0, 0.1) is 12.8 Å². The molecule has 2 unspecified atom stereocenters. The molecule has 1 saturated carbocycles. The molecule has 0 saturated heterocycles. The minimum Gasteiger partial charge on any atom is -0.335 e. The number of carbonyl (C=O) groups is 1. The summed E-state index contributed by atoms with van der Waals surface area (Å²) < 4.78 is 0. The summed E-state index contributed by atoms with van der Waals surface area (Å²) in [6.45, 7) is 5.38. The molecule has 0 aromatic carbocycles. The maximum Gasteiger partial charge on any atom is 0.266 e. The maximum atomic E-state index is 12.7. The Kier molecular flexibility index (Phi) is 4.93. The standard InChI is InChI=1S/C14H23N3OS/c1-3-17(12-7-5-4-6-11(12)8-15)14(18)13-10(2)16-9-19-13/h9,11-12H,3-8,15H2,1-2H3. The van der Waals surface area contributed by atoms with E-state index in [1.165, 1.54) is 24.2 Å². The van der Waals surface area contributed by atoms with Crippen LogP contribution in [0.4, 0.5) is 0 Å². The Morgan fingerprint density at radius 1 is 1.53 bits per heavy atom. The van der Waals surface area contributed by atoms with Crippen LogP contribution >= 0.6 is 11.3 Å². The summed E-state index contributed by atoms with van der Waals surface area (Å²) in [5.74, 6) is 0.582. The summed E-state index contributed by atoms with van der Waals surface area (Å²) in [6, 6.07) is 0.303. The molecule has 2 rings (SSSR count). The molecule has 2 N–H and O–H groups in total. The fraction of sp³-hybridized carbons (Fsp3) is 0.714. The van der Waals surface area contributed by atoms with Gasteiger partial charge >= 0.3 is 0 Å². The van der Waals surface area contributed by atoms with Crippen molar-refractivity contribution >= 4 is 17.2 Å². The number of aryl methyl sites for hydroxylation is 1. The van der Waals surface area contributed by atoms with Crippen molar-refractivity contribution in [3.63, 3.8) is 0 Å². The van der Waals surface area contributed by atoms with Gasteiger partial charge in [0, 0.05) is 12.6 Å². The van der Waals surface area contributed by atoms with Gasteiger partial charge < -0.3 is 10.6 Å². The van der Waals surface area contributed by atoms with Crippen molar-refractivity contribution < 1.29 is 4.79 Å². The zero-order valence-electron chi connectivity index (χ0n) is 11.8. The number of aromatic nitrogens is 1. The summed E-state index contributed by atoms with van der Waals surface area (Å²) >= 11 is 1.44. The smallest absolute Gasteiger partial charge is 0.266 e. The highest BCUT2D eigenvalue weighted by Gasteiger charge is 2.32. The lowest BCUT2D eigenvalue weighted by Gasteiger charge is -2.39. The van der Waals surface area contributed by atoms with Crippen LogP contribution in [0.3, 0.4) is 0 Å². The summed E-state index contributed by atoms with van der Waals surface area (Å²) in [5, 5.41) is 0. The van der Waals surface area contributed by atoms with Crippen molar-refractivity contribution in [2.75, 3.05) is 13.1 Å². The van der Waals surface area contributed by atoms with Gasteiger partial charge in [-0.15, -0.1) is 11.3 Å². The van der Waals surface area contributed by atoms with Crippen molar-refractivity contribution in [2.24, 2.45) is 11.7 Å².